The number of amides is 1. The molecule has 0 unspecified atom stereocenters. The Kier molecular flexibility index (Phi) is 4.72. The molecule has 1 aromatic carbocycles. The van der Waals surface area contributed by atoms with Crippen molar-refractivity contribution in [2.45, 2.75) is 18.8 Å². The number of imidazole rings is 1. The number of H-pyrrole nitrogens is 1. The Bertz CT molecular complexity index is 1460. The number of para-hydroxylation sites is 1. The van der Waals surface area contributed by atoms with Crippen LogP contribution in [0.25, 0.3) is 27.8 Å². The number of nitrogen functional groups attached to an aromatic ring is 1. The predicted molar refractivity (Wildman–Crippen MR) is 132 cm³/mol. The van der Waals surface area contributed by atoms with Gasteiger partial charge in [0.1, 0.15) is 30.7 Å². The van der Waals surface area contributed by atoms with Gasteiger partial charge in [-0.1, -0.05) is 18.2 Å². The molecule has 2 radical (unpaired) electrons. The first-order valence-electron chi connectivity index (χ1n) is 10.9. The summed E-state index contributed by atoms with van der Waals surface area (Å²) in [6.45, 7) is 1.33. The number of nitrogens with zero attached hydrogens (tertiary/aromatic N) is 4. The third-order valence-electron chi connectivity index (χ3n) is 6.47. The Hall–Kier alpha value is -3.59. The molecule has 0 spiro atoms. The van der Waals surface area contributed by atoms with Gasteiger partial charge in [-0.15, -0.1) is 0 Å². The van der Waals surface area contributed by atoms with Crippen LogP contribution in [0.1, 0.15) is 34.9 Å². The van der Waals surface area contributed by atoms with E-state index in [1.54, 1.807) is 12.3 Å². The number of piperidine rings is 1. The van der Waals surface area contributed by atoms with E-state index < -0.39 is 0 Å². The average Bonchev–Trinajstić information content (AvgIpc) is 3.55. The van der Waals surface area contributed by atoms with Gasteiger partial charge in [0.05, 0.1) is 5.69 Å². The summed E-state index contributed by atoms with van der Waals surface area (Å²) in [4.78, 5) is 27.6. The van der Waals surface area contributed by atoms with Crippen LogP contribution in [-0.2, 0) is 0 Å². The van der Waals surface area contributed by atoms with Crippen LogP contribution < -0.4 is 10.5 Å². The van der Waals surface area contributed by atoms with Crippen LogP contribution in [0.4, 0.5) is 5.82 Å². The van der Waals surface area contributed by atoms with Gasteiger partial charge in [-0.05, 0) is 41.2 Å². The molecule has 0 saturated carbocycles. The summed E-state index contributed by atoms with van der Waals surface area (Å²) in [5.41, 5.74) is 10.5. The number of fused-ring (bicyclic) bond motifs is 2. The highest BCUT2D eigenvalue weighted by Crippen LogP contribution is 2.35. The molecule has 162 valence electrons. The number of carbonyl (C=O) groups excluding carboxylic acids is 1. The number of anilines is 1. The second-order valence-corrected chi connectivity index (χ2v) is 9.33. The molecule has 1 aliphatic rings. The fraction of sp³-hybridized carbons (Fsp3) is 0.208. The van der Waals surface area contributed by atoms with E-state index in [0.29, 0.717) is 29.2 Å². The van der Waals surface area contributed by atoms with Crippen LogP contribution in [0.5, 0.6) is 0 Å². The van der Waals surface area contributed by atoms with Crippen molar-refractivity contribution in [3.63, 3.8) is 0 Å². The Balaban J connectivity index is 1.34. The summed E-state index contributed by atoms with van der Waals surface area (Å²) >= 11 is 1.40. The van der Waals surface area contributed by atoms with E-state index in [2.05, 4.69) is 26.5 Å². The van der Waals surface area contributed by atoms with Crippen molar-refractivity contribution in [3.8, 4) is 11.4 Å². The summed E-state index contributed by atoms with van der Waals surface area (Å²) in [6, 6.07) is 12.1. The Morgan fingerprint density at radius 1 is 1.21 bits per heavy atom. The second kappa shape index (κ2) is 7.77. The maximum absolute atomic E-state index is 12.9. The molecule has 3 N–H and O–H groups in total. The molecule has 7 nitrogen and oxygen atoms in total. The van der Waals surface area contributed by atoms with Gasteiger partial charge in [0.15, 0.2) is 0 Å². The maximum atomic E-state index is 12.9. The number of benzene rings is 1. The van der Waals surface area contributed by atoms with Gasteiger partial charge < -0.3 is 15.6 Å². The van der Waals surface area contributed by atoms with Crippen molar-refractivity contribution >= 4 is 52.1 Å². The first-order chi connectivity index (χ1) is 16.1. The summed E-state index contributed by atoms with van der Waals surface area (Å²) < 4.78 is 2.63. The normalized spacial score (nSPS) is 15.0. The van der Waals surface area contributed by atoms with Crippen molar-refractivity contribution < 1.29 is 4.79 Å². The van der Waals surface area contributed by atoms with Crippen molar-refractivity contribution in [2.24, 2.45) is 0 Å². The fourth-order valence-electron chi connectivity index (χ4n) is 4.77. The average molecular weight is 452 g/mol. The first kappa shape index (κ1) is 20.1. The highest BCUT2D eigenvalue weighted by atomic mass is 32.1. The van der Waals surface area contributed by atoms with Crippen molar-refractivity contribution in [2.75, 3.05) is 18.8 Å². The number of nitrogens with one attached hydrogen (secondary N) is 1. The molecule has 0 aliphatic carbocycles. The summed E-state index contributed by atoms with van der Waals surface area (Å²) in [6.07, 6.45) is 5.27. The predicted octanol–water partition coefficient (Wildman–Crippen LogP) is 3.33. The van der Waals surface area contributed by atoms with Gasteiger partial charge in [-0.3, -0.25) is 9.20 Å². The van der Waals surface area contributed by atoms with E-state index in [4.69, 9.17) is 18.6 Å². The van der Waals surface area contributed by atoms with Crippen LogP contribution >= 0.6 is 11.3 Å². The van der Waals surface area contributed by atoms with Crippen LogP contribution in [0.15, 0.2) is 54.2 Å². The number of hydrogen-bond acceptors (Lipinski definition) is 5. The monoisotopic (exact) mass is 452 g/mol. The molecule has 33 heavy (non-hydrogen) atoms. The molecular formula is C24H21BN6OS. The van der Waals surface area contributed by atoms with Crippen molar-refractivity contribution in [1.29, 1.82) is 0 Å². The molecular weight excluding hydrogens is 431 g/mol. The second-order valence-electron chi connectivity index (χ2n) is 8.38. The van der Waals surface area contributed by atoms with Gasteiger partial charge in [0, 0.05) is 47.9 Å². The highest BCUT2D eigenvalue weighted by Gasteiger charge is 2.29. The van der Waals surface area contributed by atoms with Crippen molar-refractivity contribution in [3.05, 3.63) is 65.6 Å². The van der Waals surface area contributed by atoms with E-state index in [9.17, 15) is 4.79 Å². The van der Waals surface area contributed by atoms with Gasteiger partial charge in [-0.25, -0.2) is 9.97 Å². The largest absolute Gasteiger partial charge is 0.382 e. The van der Waals surface area contributed by atoms with Crippen LogP contribution in [0.2, 0.25) is 0 Å². The Morgan fingerprint density at radius 2 is 2.03 bits per heavy atom. The lowest BCUT2D eigenvalue weighted by molar-refractivity contribution is 0.0713. The lowest BCUT2D eigenvalue weighted by Crippen LogP contribution is -2.39. The number of likely N-dealkylation sites (tertiary alicyclic amines) is 1. The molecule has 0 atom stereocenters. The van der Waals surface area contributed by atoms with Gasteiger partial charge in [0.25, 0.3) is 5.91 Å². The minimum absolute atomic E-state index is 0.00684. The number of aromatic nitrogens is 4. The Morgan fingerprint density at radius 3 is 2.79 bits per heavy atom. The van der Waals surface area contributed by atoms with Crippen LogP contribution in [0, 0.1) is 0 Å². The van der Waals surface area contributed by atoms with Gasteiger partial charge in [0.2, 0.25) is 0 Å². The summed E-state index contributed by atoms with van der Waals surface area (Å²) in [5, 5.41) is 2.98. The number of rotatable bonds is 3. The number of thiophene rings is 1. The van der Waals surface area contributed by atoms with Crippen molar-refractivity contribution in [1.82, 2.24) is 24.3 Å². The highest BCUT2D eigenvalue weighted by molar-refractivity contribution is 7.18. The molecule has 9 heteroatoms. The molecule has 0 bridgehead atoms. The van der Waals surface area contributed by atoms with Gasteiger partial charge >= 0.3 is 0 Å². The maximum Gasteiger partial charge on any atom is 0.254 e. The van der Waals surface area contributed by atoms with E-state index in [1.807, 2.05) is 34.7 Å². The fourth-order valence-corrected chi connectivity index (χ4v) is 5.41. The molecule has 5 heterocycles. The third kappa shape index (κ3) is 3.31. The standard InChI is InChI=1S/C24H21BN6OS/c25-21-16(7-12-33-21)24(32)30-9-5-14(6-10-30)23-29-19(20-22(26)27-8-11-31(20)23)18-13-15-3-1-2-4-17(15)28-18/h1-4,7-8,11-14,28H,5-6,9-10H2,(H2,26,27). The van der Waals surface area contributed by atoms with E-state index >= 15 is 0 Å². The lowest BCUT2D eigenvalue weighted by Gasteiger charge is -2.31. The van der Waals surface area contributed by atoms with E-state index in [0.717, 1.165) is 46.5 Å². The third-order valence-corrected chi connectivity index (χ3v) is 7.21. The number of carbonyl (C=O) groups is 1. The SMILES string of the molecule is [B]c1sccc1C(=O)N1CCC(c2nc(-c3cc4ccccc4[nH]3)c3c(N)nccn23)CC1. The quantitative estimate of drug-likeness (QED) is 0.411. The van der Waals surface area contributed by atoms with E-state index in [-0.39, 0.29) is 11.8 Å². The Labute approximate surface area is 195 Å². The van der Waals surface area contributed by atoms with E-state index in [1.165, 1.54) is 11.3 Å². The molecule has 4 aromatic heterocycles. The number of nitrogens with two attached hydrogens (primary N) is 1. The minimum Gasteiger partial charge on any atom is -0.382 e. The smallest absolute Gasteiger partial charge is 0.254 e. The molecule has 6 rings (SSSR count). The zero-order valence-corrected chi connectivity index (χ0v) is 18.7. The zero-order valence-electron chi connectivity index (χ0n) is 17.9. The summed E-state index contributed by atoms with van der Waals surface area (Å²) in [5.74, 6) is 1.62. The number of hydrogen-bond donors (Lipinski definition) is 2. The molecule has 1 saturated heterocycles. The molecule has 1 fully saturated rings. The lowest BCUT2D eigenvalue weighted by atomic mass is 9.94. The molecule has 5 aromatic rings. The molecule has 1 amide bonds. The topological polar surface area (TPSA) is 92.3 Å². The zero-order chi connectivity index (χ0) is 22.5. The minimum atomic E-state index is 0.00684. The van der Waals surface area contributed by atoms with Gasteiger partial charge in [-0.2, -0.15) is 11.3 Å². The summed E-state index contributed by atoms with van der Waals surface area (Å²) in [7, 11) is 5.97. The van der Waals surface area contributed by atoms with Crippen LogP contribution in [-0.4, -0.2) is 51.1 Å². The molecule has 1 aliphatic heterocycles. The first-order valence-corrected chi connectivity index (χ1v) is 11.8. The number of aromatic amines is 1. The van der Waals surface area contributed by atoms with Crippen LogP contribution in [0.3, 0.4) is 0 Å².